The van der Waals surface area contributed by atoms with Crippen LogP contribution in [-0.2, 0) is 4.79 Å². The number of amides is 2. The number of fused-ring (bicyclic) bond motifs is 1. The summed E-state index contributed by atoms with van der Waals surface area (Å²) in [6.45, 7) is 1.74. The highest BCUT2D eigenvalue weighted by molar-refractivity contribution is 6.06. The average molecular weight is 357 g/mol. The van der Waals surface area contributed by atoms with Crippen LogP contribution in [0, 0.1) is 5.82 Å². The monoisotopic (exact) mass is 357 g/mol. The summed E-state index contributed by atoms with van der Waals surface area (Å²) in [5.74, 6) is -0.454. The molecule has 0 aromatic heterocycles. The SMILES string of the molecule is CC(CC(=O)Nc1ccc2c(c1)OCO2)=NNC(=O)c1ccccc1F. The van der Waals surface area contributed by atoms with Gasteiger partial charge in [0.1, 0.15) is 5.82 Å². The second kappa shape index (κ2) is 7.64. The van der Waals surface area contributed by atoms with Crippen LogP contribution in [0.25, 0.3) is 0 Å². The summed E-state index contributed by atoms with van der Waals surface area (Å²) in [6.07, 6.45) is -0.0357. The molecule has 0 saturated carbocycles. The first-order valence-corrected chi connectivity index (χ1v) is 7.80. The molecular formula is C18H16FN3O4. The number of nitrogens with zero attached hydrogens (tertiary/aromatic N) is 1. The number of anilines is 1. The maximum Gasteiger partial charge on any atom is 0.274 e. The largest absolute Gasteiger partial charge is 0.454 e. The summed E-state index contributed by atoms with van der Waals surface area (Å²) in [6, 6.07) is 10.6. The Balaban J connectivity index is 1.54. The van der Waals surface area contributed by atoms with Crippen LogP contribution in [0.4, 0.5) is 10.1 Å². The van der Waals surface area contributed by atoms with Crippen LogP contribution < -0.4 is 20.2 Å². The lowest BCUT2D eigenvalue weighted by molar-refractivity contribution is -0.115. The van der Waals surface area contributed by atoms with Crippen molar-refractivity contribution in [3.63, 3.8) is 0 Å². The first-order valence-electron chi connectivity index (χ1n) is 7.80. The van der Waals surface area contributed by atoms with E-state index in [2.05, 4.69) is 15.8 Å². The molecular weight excluding hydrogens is 341 g/mol. The average Bonchev–Trinajstić information content (AvgIpc) is 3.07. The Labute approximate surface area is 148 Å². The van der Waals surface area contributed by atoms with Crippen molar-refractivity contribution in [1.29, 1.82) is 0 Å². The van der Waals surface area contributed by atoms with E-state index in [1.54, 1.807) is 31.2 Å². The summed E-state index contributed by atoms with van der Waals surface area (Å²) in [7, 11) is 0. The highest BCUT2D eigenvalue weighted by Gasteiger charge is 2.14. The molecule has 134 valence electrons. The Morgan fingerprint density at radius 3 is 2.73 bits per heavy atom. The summed E-state index contributed by atoms with van der Waals surface area (Å²) < 4.78 is 24.0. The van der Waals surface area contributed by atoms with E-state index in [0.29, 0.717) is 22.9 Å². The number of halogens is 1. The van der Waals surface area contributed by atoms with Crippen LogP contribution in [0.5, 0.6) is 11.5 Å². The zero-order chi connectivity index (χ0) is 18.5. The fraction of sp³-hybridized carbons (Fsp3) is 0.167. The molecule has 2 N–H and O–H groups in total. The molecule has 26 heavy (non-hydrogen) atoms. The molecule has 0 fully saturated rings. The second-order valence-electron chi connectivity index (χ2n) is 5.56. The van der Waals surface area contributed by atoms with Crippen molar-refractivity contribution in [1.82, 2.24) is 5.43 Å². The molecule has 2 aromatic rings. The number of carbonyl (C=O) groups is 2. The molecule has 2 aromatic carbocycles. The molecule has 0 saturated heterocycles. The van der Waals surface area contributed by atoms with Gasteiger partial charge in [0.15, 0.2) is 11.5 Å². The van der Waals surface area contributed by atoms with Crippen molar-refractivity contribution in [2.45, 2.75) is 13.3 Å². The minimum Gasteiger partial charge on any atom is -0.454 e. The molecule has 0 atom stereocenters. The van der Waals surface area contributed by atoms with Crippen molar-refractivity contribution < 1.29 is 23.5 Å². The van der Waals surface area contributed by atoms with E-state index < -0.39 is 11.7 Å². The lowest BCUT2D eigenvalue weighted by Crippen LogP contribution is -2.22. The normalized spacial score (nSPS) is 12.6. The number of carbonyl (C=O) groups excluding carboxylic acids is 2. The molecule has 0 radical (unpaired) electrons. The van der Waals surface area contributed by atoms with Crippen molar-refractivity contribution in [2.24, 2.45) is 5.10 Å². The number of hydrazone groups is 1. The van der Waals surface area contributed by atoms with E-state index in [4.69, 9.17) is 9.47 Å². The Morgan fingerprint density at radius 1 is 1.15 bits per heavy atom. The maximum absolute atomic E-state index is 13.5. The smallest absolute Gasteiger partial charge is 0.274 e. The van der Waals surface area contributed by atoms with E-state index in [1.165, 1.54) is 18.2 Å². The number of ether oxygens (including phenoxy) is 2. The first kappa shape index (κ1) is 17.4. The van der Waals surface area contributed by atoms with Gasteiger partial charge in [0.2, 0.25) is 12.7 Å². The van der Waals surface area contributed by atoms with Gasteiger partial charge in [0.05, 0.1) is 12.0 Å². The lowest BCUT2D eigenvalue weighted by atomic mass is 10.2. The van der Waals surface area contributed by atoms with E-state index in [-0.39, 0.29) is 24.7 Å². The van der Waals surface area contributed by atoms with Gasteiger partial charge in [-0.25, -0.2) is 9.82 Å². The maximum atomic E-state index is 13.5. The number of rotatable bonds is 5. The molecule has 2 amide bonds. The highest BCUT2D eigenvalue weighted by atomic mass is 19.1. The van der Waals surface area contributed by atoms with Gasteiger partial charge in [-0.3, -0.25) is 9.59 Å². The van der Waals surface area contributed by atoms with Gasteiger partial charge in [0.25, 0.3) is 5.91 Å². The van der Waals surface area contributed by atoms with E-state index in [1.807, 2.05) is 0 Å². The van der Waals surface area contributed by atoms with E-state index in [9.17, 15) is 14.0 Å². The molecule has 1 heterocycles. The zero-order valence-electron chi connectivity index (χ0n) is 13.9. The third kappa shape index (κ3) is 4.15. The van der Waals surface area contributed by atoms with Crippen LogP contribution >= 0.6 is 0 Å². The summed E-state index contributed by atoms with van der Waals surface area (Å²) in [5, 5.41) is 6.53. The van der Waals surface area contributed by atoms with Gasteiger partial charge in [-0.2, -0.15) is 5.10 Å². The quantitative estimate of drug-likeness (QED) is 0.636. The predicted octanol–water partition coefficient (Wildman–Crippen LogP) is 2.69. The molecule has 0 spiro atoms. The van der Waals surface area contributed by atoms with Crippen LogP contribution in [0.1, 0.15) is 23.7 Å². The molecule has 3 rings (SSSR count). The van der Waals surface area contributed by atoms with Gasteiger partial charge >= 0.3 is 0 Å². The van der Waals surface area contributed by atoms with Crippen molar-refractivity contribution in [3.05, 3.63) is 53.8 Å². The van der Waals surface area contributed by atoms with E-state index >= 15 is 0 Å². The van der Waals surface area contributed by atoms with Gasteiger partial charge in [-0.05, 0) is 31.2 Å². The third-order valence-electron chi connectivity index (χ3n) is 3.54. The molecule has 1 aliphatic rings. The molecule has 0 unspecified atom stereocenters. The van der Waals surface area contributed by atoms with Crippen LogP contribution in [0.3, 0.4) is 0 Å². The molecule has 0 bridgehead atoms. The molecule has 0 aliphatic carbocycles. The van der Waals surface area contributed by atoms with Crippen LogP contribution in [-0.4, -0.2) is 24.3 Å². The van der Waals surface area contributed by atoms with Gasteiger partial charge < -0.3 is 14.8 Å². The van der Waals surface area contributed by atoms with Crippen molar-refractivity contribution in [3.8, 4) is 11.5 Å². The van der Waals surface area contributed by atoms with Crippen molar-refractivity contribution in [2.75, 3.05) is 12.1 Å². The Kier molecular flexibility index (Phi) is 5.12. The Morgan fingerprint density at radius 2 is 1.92 bits per heavy atom. The van der Waals surface area contributed by atoms with Gasteiger partial charge in [-0.1, -0.05) is 12.1 Å². The van der Waals surface area contributed by atoms with Crippen LogP contribution in [0.2, 0.25) is 0 Å². The summed E-state index contributed by atoms with van der Waals surface area (Å²) >= 11 is 0. The summed E-state index contributed by atoms with van der Waals surface area (Å²) in [4.78, 5) is 23.9. The predicted molar refractivity (Wildman–Crippen MR) is 92.8 cm³/mol. The first-order chi connectivity index (χ1) is 12.5. The molecule has 7 nitrogen and oxygen atoms in total. The lowest BCUT2D eigenvalue weighted by Gasteiger charge is -2.06. The fourth-order valence-corrected chi connectivity index (χ4v) is 2.30. The Hall–Kier alpha value is -3.42. The number of hydrogen-bond donors (Lipinski definition) is 2. The third-order valence-corrected chi connectivity index (χ3v) is 3.54. The Bertz CT molecular complexity index is 882. The highest BCUT2D eigenvalue weighted by Crippen LogP contribution is 2.34. The molecule has 8 heteroatoms. The van der Waals surface area contributed by atoms with Gasteiger partial charge in [0, 0.05) is 17.5 Å². The van der Waals surface area contributed by atoms with Crippen LogP contribution in [0.15, 0.2) is 47.6 Å². The minimum atomic E-state index is -0.682. The van der Waals surface area contributed by atoms with E-state index in [0.717, 1.165) is 0 Å². The summed E-state index contributed by atoms with van der Waals surface area (Å²) in [5.41, 5.74) is 3.04. The van der Waals surface area contributed by atoms with Gasteiger partial charge in [-0.15, -0.1) is 0 Å². The van der Waals surface area contributed by atoms with Crippen molar-refractivity contribution >= 4 is 23.2 Å². The number of hydrogen-bond acceptors (Lipinski definition) is 5. The number of nitrogens with one attached hydrogen (secondary N) is 2. The minimum absolute atomic E-state index is 0.0357. The zero-order valence-corrected chi connectivity index (χ0v) is 13.9. The second-order valence-corrected chi connectivity index (χ2v) is 5.56. The topological polar surface area (TPSA) is 89.0 Å². The molecule has 1 aliphatic heterocycles. The standard InChI is InChI=1S/C18H16FN3O4/c1-11(21-22-18(24)13-4-2-3-5-14(13)19)8-17(23)20-12-6-7-15-16(9-12)26-10-25-15/h2-7,9H,8,10H2,1H3,(H,20,23)(H,22,24). The fourth-order valence-electron chi connectivity index (χ4n) is 2.30. The number of benzene rings is 2.